The molecule has 0 radical (unpaired) electrons. The lowest BCUT2D eigenvalue weighted by Crippen LogP contribution is -2.28. The predicted molar refractivity (Wildman–Crippen MR) is 163 cm³/mol. The number of para-hydroxylation sites is 1. The van der Waals surface area contributed by atoms with Gasteiger partial charge in [0.1, 0.15) is 16.9 Å². The molecule has 0 spiro atoms. The first-order chi connectivity index (χ1) is 19.9. The lowest BCUT2D eigenvalue weighted by molar-refractivity contribution is -0.116. The van der Waals surface area contributed by atoms with Gasteiger partial charge in [-0.05, 0) is 80.9 Å². The molecule has 1 amide bonds. The highest BCUT2D eigenvalue weighted by Gasteiger charge is 2.35. The Morgan fingerprint density at radius 2 is 1.61 bits per heavy atom. The van der Waals surface area contributed by atoms with E-state index in [1.165, 1.54) is 0 Å². The van der Waals surface area contributed by atoms with Gasteiger partial charge in [0.25, 0.3) is 0 Å². The van der Waals surface area contributed by atoms with E-state index in [9.17, 15) is 4.79 Å². The normalized spacial score (nSPS) is 14.1. The minimum Gasteiger partial charge on any atom is -0.497 e. The number of anilines is 1. The van der Waals surface area contributed by atoms with Gasteiger partial charge in [0, 0.05) is 23.9 Å². The van der Waals surface area contributed by atoms with E-state index in [1.54, 1.807) is 47.1 Å². The van der Waals surface area contributed by atoms with Crippen LogP contribution in [0.1, 0.15) is 36.3 Å². The van der Waals surface area contributed by atoms with Crippen molar-refractivity contribution in [1.82, 2.24) is 4.90 Å². The molecule has 41 heavy (non-hydrogen) atoms. The van der Waals surface area contributed by atoms with Gasteiger partial charge in [0.05, 0.1) is 40.7 Å². The van der Waals surface area contributed by atoms with Crippen LogP contribution < -0.4 is 28.6 Å². The molecule has 0 bridgehead atoms. The summed E-state index contributed by atoms with van der Waals surface area (Å²) in [6, 6.07) is 17.8. The van der Waals surface area contributed by atoms with E-state index in [1.807, 2.05) is 53.4 Å². The van der Waals surface area contributed by atoms with Crippen LogP contribution in [-0.2, 0) is 11.2 Å². The number of hydrogen-bond donors (Lipinski definition) is 0. The standard InChI is InChI=1S/C32H40N2O6S/c1-22(35)34-26-11-7-8-12-30(26)41-32(34)25-21-24(36-3)13-14-27(25)40-18-10-9-16-33(2)17-15-23-19-28(37-4)31(39-6)29(20-23)38-5/h7-8,11-14,19-21,32H,9-10,15-18H2,1-6H3/t32-/m1/s1. The van der Waals surface area contributed by atoms with E-state index in [0.717, 1.165) is 65.6 Å². The maximum atomic E-state index is 12.7. The van der Waals surface area contributed by atoms with Crippen LogP contribution in [0.25, 0.3) is 0 Å². The summed E-state index contributed by atoms with van der Waals surface area (Å²) in [7, 11) is 8.66. The van der Waals surface area contributed by atoms with Crippen molar-refractivity contribution in [3.05, 3.63) is 65.7 Å². The average molecular weight is 581 g/mol. The number of methoxy groups -OCH3 is 4. The topological polar surface area (TPSA) is 69.7 Å². The molecule has 1 aliphatic heterocycles. The summed E-state index contributed by atoms with van der Waals surface area (Å²) in [5.41, 5.74) is 3.00. The summed E-state index contributed by atoms with van der Waals surface area (Å²) in [6.45, 7) is 4.05. The summed E-state index contributed by atoms with van der Waals surface area (Å²) >= 11 is 1.66. The van der Waals surface area contributed by atoms with Crippen LogP contribution >= 0.6 is 11.8 Å². The van der Waals surface area contributed by atoms with Crippen LogP contribution in [0.5, 0.6) is 28.7 Å². The van der Waals surface area contributed by atoms with Crippen molar-refractivity contribution in [2.45, 2.75) is 36.5 Å². The Balaban J connectivity index is 1.31. The molecule has 0 aromatic heterocycles. The SMILES string of the molecule is COc1ccc(OCCCCN(C)CCc2cc(OC)c(OC)c(OC)c2)c([C@H]2Sc3ccccc3N2C(C)=O)c1. The van der Waals surface area contributed by atoms with Crippen molar-refractivity contribution in [2.24, 2.45) is 0 Å². The highest BCUT2D eigenvalue weighted by Crippen LogP contribution is 2.53. The number of hydrogen-bond acceptors (Lipinski definition) is 8. The fourth-order valence-corrected chi connectivity index (χ4v) is 6.31. The number of amides is 1. The third-order valence-corrected chi connectivity index (χ3v) is 8.41. The molecular weight excluding hydrogens is 540 g/mol. The third-order valence-electron chi connectivity index (χ3n) is 7.12. The van der Waals surface area contributed by atoms with E-state index in [2.05, 4.69) is 18.0 Å². The minimum absolute atomic E-state index is 0.00390. The van der Waals surface area contributed by atoms with E-state index < -0.39 is 0 Å². The van der Waals surface area contributed by atoms with Gasteiger partial charge in [-0.15, -0.1) is 0 Å². The van der Waals surface area contributed by atoms with Gasteiger partial charge in [0.15, 0.2) is 11.5 Å². The van der Waals surface area contributed by atoms with Gasteiger partial charge in [-0.1, -0.05) is 23.9 Å². The average Bonchev–Trinajstić information content (AvgIpc) is 3.39. The van der Waals surface area contributed by atoms with Gasteiger partial charge < -0.3 is 28.6 Å². The fraction of sp³-hybridized carbons (Fsp3) is 0.406. The van der Waals surface area contributed by atoms with E-state index in [4.69, 9.17) is 23.7 Å². The number of rotatable bonds is 14. The molecule has 9 heteroatoms. The zero-order valence-corrected chi connectivity index (χ0v) is 25.6. The smallest absolute Gasteiger partial charge is 0.225 e. The molecule has 0 saturated carbocycles. The summed E-state index contributed by atoms with van der Waals surface area (Å²) < 4.78 is 28.2. The Labute approximate surface area is 247 Å². The molecule has 0 aliphatic carbocycles. The van der Waals surface area contributed by atoms with E-state index in [0.29, 0.717) is 23.9 Å². The monoisotopic (exact) mass is 580 g/mol. The van der Waals surface area contributed by atoms with Gasteiger partial charge >= 0.3 is 0 Å². The number of benzene rings is 3. The number of carbonyl (C=O) groups is 1. The minimum atomic E-state index is -0.212. The van der Waals surface area contributed by atoms with Crippen molar-refractivity contribution >= 4 is 23.4 Å². The number of ether oxygens (including phenoxy) is 5. The van der Waals surface area contributed by atoms with Gasteiger partial charge in [0.2, 0.25) is 11.7 Å². The molecule has 1 atom stereocenters. The number of thioether (sulfide) groups is 1. The summed E-state index contributed by atoms with van der Waals surface area (Å²) in [4.78, 5) is 17.9. The number of unbranched alkanes of at least 4 members (excludes halogenated alkanes) is 1. The van der Waals surface area contributed by atoms with Crippen molar-refractivity contribution in [2.75, 3.05) is 60.1 Å². The molecule has 1 aliphatic rings. The first-order valence-corrected chi connectivity index (χ1v) is 14.6. The molecule has 8 nitrogen and oxygen atoms in total. The van der Waals surface area contributed by atoms with Gasteiger partial charge in [-0.2, -0.15) is 0 Å². The van der Waals surface area contributed by atoms with E-state index in [-0.39, 0.29) is 11.3 Å². The van der Waals surface area contributed by atoms with Crippen LogP contribution in [-0.4, -0.2) is 66.0 Å². The Bertz CT molecular complexity index is 1310. The van der Waals surface area contributed by atoms with Crippen molar-refractivity contribution in [3.8, 4) is 28.7 Å². The van der Waals surface area contributed by atoms with Gasteiger partial charge in [-0.3, -0.25) is 9.69 Å². The molecule has 3 aromatic carbocycles. The highest BCUT2D eigenvalue weighted by atomic mass is 32.2. The van der Waals surface area contributed by atoms with Crippen LogP contribution in [0.3, 0.4) is 0 Å². The molecular formula is C32H40N2O6S. The highest BCUT2D eigenvalue weighted by molar-refractivity contribution is 8.00. The summed E-state index contributed by atoms with van der Waals surface area (Å²) in [6.07, 6.45) is 2.78. The Morgan fingerprint density at radius 1 is 0.878 bits per heavy atom. The second-order valence-electron chi connectivity index (χ2n) is 9.87. The largest absolute Gasteiger partial charge is 0.497 e. The second kappa shape index (κ2) is 14.4. The molecule has 220 valence electrons. The Hall–Kier alpha value is -3.56. The third kappa shape index (κ3) is 7.21. The molecule has 0 saturated heterocycles. The number of carbonyl (C=O) groups excluding carboxylic acids is 1. The van der Waals surface area contributed by atoms with Crippen molar-refractivity contribution in [3.63, 3.8) is 0 Å². The van der Waals surface area contributed by atoms with Gasteiger partial charge in [-0.25, -0.2) is 0 Å². The van der Waals surface area contributed by atoms with E-state index >= 15 is 0 Å². The van der Waals surface area contributed by atoms with Crippen LogP contribution in [0.15, 0.2) is 59.5 Å². The zero-order chi connectivity index (χ0) is 29.4. The maximum absolute atomic E-state index is 12.7. The molecule has 3 aromatic rings. The van der Waals surface area contributed by atoms with Crippen LogP contribution in [0.4, 0.5) is 5.69 Å². The Kier molecular flexibility index (Phi) is 10.7. The first-order valence-electron chi connectivity index (χ1n) is 13.7. The number of likely N-dealkylation sites (N-methyl/N-ethyl adjacent to an activating group) is 1. The predicted octanol–water partition coefficient (Wildman–Crippen LogP) is 6.21. The zero-order valence-electron chi connectivity index (χ0n) is 24.8. The van der Waals surface area contributed by atoms with Crippen molar-refractivity contribution in [1.29, 1.82) is 0 Å². The maximum Gasteiger partial charge on any atom is 0.225 e. The number of nitrogens with zero attached hydrogens (tertiary/aromatic N) is 2. The number of fused-ring (bicyclic) bond motifs is 1. The summed E-state index contributed by atoms with van der Waals surface area (Å²) in [5.74, 6) is 3.46. The Morgan fingerprint density at radius 3 is 2.27 bits per heavy atom. The molecule has 1 heterocycles. The molecule has 4 rings (SSSR count). The molecule has 0 fully saturated rings. The lowest BCUT2D eigenvalue weighted by atomic mass is 10.1. The fourth-order valence-electron chi connectivity index (χ4n) is 4.95. The van der Waals surface area contributed by atoms with Crippen molar-refractivity contribution < 1.29 is 28.5 Å². The van der Waals surface area contributed by atoms with Crippen LogP contribution in [0.2, 0.25) is 0 Å². The lowest BCUT2D eigenvalue weighted by Gasteiger charge is -2.25. The molecule has 0 unspecified atom stereocenters. The quantitative estimate of drug-likeness (QED) is 0.209. The van der Waals surface area contributed by atoms with Crippen LogP contribution in [0, 0.1) is 0 Å². The second-order valence-corrected chi connectivity index (χ2v) is 11.0. The summed E-state index contributed by atoms with van der Waals surface area (Å²) in [5, 5.41) is -0.212. The molecule has 0 N–H and O–H groups in total. The first kappa shape index (κ1) is 30.4.